The third kappa shape index (κ3) is 3.61. The topological polar surface area (TPSA) is 117 Å². The quantitative estimate of drug-likeness (QED) is 0.634. The van der Waals surface area contributed by atoms with E-state index < -0.39 is 22.0 Å². The molecule has 0 saturated carbocycles. The molecule has 126 valence electrons. The first kappa shape index (κ1) is 16.6. The Labute approximate surface area is 142 Å². The van der Waals surface area contributed by atoms with E-state index in [4.69, 9.17) is 0 Å². The molecule has 0 saturated heterocycles. The minimum absolute atomic E-state index is 0.399. The molecule has 0 aliphatic carbocycles. The number of H-pyrrole nitrogens is 1. The maximum atomic E-state index is 12.0. The van der Waals surface area contributed by atoms with Gasteiger partial charge in [0, 0.05) is 28.7 Å². The zero-order valence-corrected chi connectivity index (χ0v) is 14.5. The fourth-order valence-corrected chi connectivity index (χ4v) is 3.67. The highest BCUT2D eigenvalue weighted by Gasteiger charge is 2.18. The van der Waals surface area contributed by atoms with Crippen molar-refractivity contribution in [2.45, 2.75) is 13.0 Å². The second-order valence-corrected chi connectivity index (χ2v) is 7.88. The summed E-state index contributed by atoms with van der Waals surface area (Å²) in [6.07, 6.45) is 4.51. The van der Waals surface area contributed by atoms with Crippen molar-refractivity contribution in [2.24, 2.45) is 0 Å². The lowest BCUT2D eigenvalue weighted by atomic mass is 10.2. The van der Waals surface area contributed by atoms with Gasteiger partial charge in [0.15, 0.2) is 5.13 Å². The summed E-state index contributed by atoms with van der Waals surface area (Å²) in [4.78, 5) is 23.7. The lowest BCUT2D eigenvalue weighted by Gasteiger charge is -2.10. The molecule has 0 bridgehead atoms. The second kappa shape index (κ2) is 6.30. The highest BCUT2D eigenvalue weighted by molar-refractivity contribution is 7.88. The lowest BCUT2D eigenvalue weighted by Crippen LogP contribution is -2.40. The number of hydrogen-bond donors (Lipinski definition) is 3. The van der Waals surface area contributed by atoms with Gasteiger partial charge in [-0.15, -0.1) is 11.3 Å². The first-order chi connectivity index (χ1) is 11.3. The molecule has 24 heavy (non-hydrogen) atoms. The molecule has 0 aromatic carbocycles. The van der Waals surface area contributed by atoms with Crippen molar-refractivity contribution in [1.82, 2.24) is 19.7 Å². The molecule has 0 radical (unpaired) electrons. The van der Waals surface area contributed by atoms with E-state index in [-0.39, 0.29) is 0 Å². The smallest absolute Gasteiger partial charge is 0.244 e. The summed E-state index contributed by atoms with van der Waals surface area (Å²) < 4.78 is 24.6. The van der Waals surface area contributed by atoms with E-state index in [2.05, 4.69) is 25.0 Å². The number of amides is 1. The molecule has 3 N–H and O–H groups in total. The van der Waals surface area contributed by atoms with E-state index in [0.29, 0.717) is 10.8 Å². The van der Waals surface area contributed by atoms with Crippen molar-refractivity contribution >= 4 is 43.4 Å². The van der Waals surface area contributed by atoms with Gasteiger partial charge in [0.1, 0.15) is 5.65 Å². The number of rotatable bonds is 5. The standard InChI is InChI=1S/C14H15N5O3S2/c1-8(19-24(2,21)22)13(20)18-14-17-11(7-23-14)10-6-16-12-9(10)4-3-5-15-12/h3-8,19H,1-2H3,(H,15,16)(H,17,18,20)/t8-/m1/s1. The molecule has 10 heteroatoms. The van der Waals surface area contributed by atoms with Gasteiger partial charge in [0.05, 0.1) is 18.0 Å². The van der Waals surface area contributed by atoms with Crippen molar-refractivity contribution in [3.63, 3.8) is 0 Å². The number of aromatic nitrogens is 3. The Morgan fingerprint density at radius 3 is 2.96 bits per heavy atom. The fraction of sp³-hybridized carbons (Fsp3) is 0.214. The molecule has 0 fully saturated rings. The van der Waals surface area contributed by atoms with Crippen LogP contribution in [0.5, 0.6) is 0 Å². The van der Waals surface area contributed by atoms with E-state index in [1.807, 2.05) is 23.7 Å². The summed E-state index contributed by atoms with van der Waals surface area (Å²) in [5.41, 5.74) is 2.35. The summed E-state index contributed by atoms with van der Waals surface area (Å²) in [5, 5.41) is 5.77. The fourth-order valence-electron chi connectivity index (χ4n) is 2.21. The molecule has 3 rings (SSSR count). The molecule has 3 aromatic heterocycles. The predicted molar refractivity (Wildman–Crippen MR) is 93.3 cm³/mol. The van der Waals surface area contributed by atoms with Crippen LogP contribution in [0.4, 0.5) is 5.13 Å². The highest BCUT2D eigenvalue weighted by Crippen LogP contribution is 2.30. The third-order valence-corrected chi connectivity index (χ3v) is 4.78. The van der Waals surface area contributed by atoms with Gasteiger partial charge in [0.2, 0.25) is 15.9 Å². The average molecular weight is 365 g/mol. The van der Waals surface area contributed by atoms with E-state index in [0.717, 1.165) is 22.9 Å². The van der Waals surface area contributed by atoms with Crippen LogP contribution in [0.1, 0.15) is 6.92 Å². The van der Waals surface area contributed by atoms with Crippen molar-refractivity contribution in [2.75, 3.05) is 11.6 Å². The predicted octanol–water partition coefficient (Wildman–Crippen LogP) is 1.56. The van der Waals surface area contributed by atoms with Gasteiger partial charge >= 0.3 is 0 Å². The number of anilines is 1. The molecule has 0 aliphatic rings. The number of pyridine rings is 1. The van der Waals surface area contributed by atoms with Gasteiger partial charge in [-0.1, -0.05) is 0 Å². The lowest BCUT2D eigenvalue weighted by molar-refractivity contribution is -0.117. The number of fused-ring (bicyclic) bond motifs is 1. The van der Waals surface area contributed by atoms with Gasteiger partial charge in [0.25, 0.3) is 0 Å². The van der Waals surface area contributed by atoms with Crippen LogP contribution >= 0.6 is 11.3 Å². The van der Waals surface area contributed by atoms with E-state index in [9.17, 15) is 13.2 Å². The Morgan fingerprint density at radius 2 is 2.21 bits per heavy atom. The van der Waals surface area contributed by atoms with Crippen molar-refractivity contribution in [1.29, 1.82) is 0 Å². The number of aromatic amines is 1. The minimum atomic E-state index is -3.45. The first-order valence-corrected chi connectivity index (χ1v) is 9.77. The summed E-state index contributed by atoms with van der Waals surface area (Å²) in [5.74, 6) is -0.470. The molecule has 1 atom stereocenters. The van der Waals surface area contributed by atoms with Crippen LogP contribution in [-0.4, -0.2) is 41.6 Å². The maximum absolute atomic E-state index is 12.0. The van der Waals surface area contributed by atoms with Gasteiger partial charge in [-0.25, -0.2) is 23.1 Å². The van der Waals surface area contributed by atoms with Gasteiger partial charge in [-0.3, -0.25) is 4.79 Å². The Hall–Kier alpha value is -2.30. The Bertz CT molecular complexity index is 993. The van der Waals surface area contributed by atoms with Crippen molar-refractivity contribution in [3.05, 3.63) is 29.9 Å². The van der Waals surface area contributed by atoms with Crippen LogP contribution < -0.4 is 10.0 Å². The zero-order valence-electron chi connectivity index (χ0n) is 12.9. The van der Waals surface area contributed by atoms with Gasteiger partial charge in [-0.2, -0.15) is 0 Å². The summed E-state index contributed by atoms with van der Waals surface area (Å²) in [6.45, 7) is 1.47. The number of carbonyl (C=O) groups is 1. The van der Waals surface area contributed by atoms with Gasteiger partial charge < -0.3 is 10.3 Å². The SMILES string of the molecule is C[C@@H](NS(C)(=O)=O)C(=O)Nc1nc(-c2c[nH]c3ncccc23)cs1. The van der Waals surface area contributed by atoms with Crippen LogP contribution in [-0.2, 0) is 14.8 Å². The first-order valence-electron chi connectivity index (χ1n) is 6.99. The molecule has 3 aromatic rings. The molecule has 0 unspecified atom stereocenters. The largest absolute Gasteiger partial charge is 0.345 e. The molecule has 8 nitrogen and oxygen atoms in total. The molecule has 0 aliphatic heterocycles. The Balaban J connectivity index is 1.77. The van der Waals surface area contributed by atoms with Crippen LogP contribution in [0, 0.1) is 0 Å². The van der Waals surface area contributed by atoms with Crippen LogP contribution in [0.3, 0.4) is 0 Å². The van der Waals surface area contributed by atoms with Crippen LogP contribution in [0.25, 0.3) is 22.3 Å². The normalized spacial score (nSPS) is 13.1. The van der Waals surface area contributed by atoms with Crippen molar-refractivity contribution < 1.29 is 13.2 Å². The molecule has 0 spiro atoms. The summed E-state index contributed by atoms with van der Waals surface area (Å²) >= 11 is 1.27. The van der Waals surface area contributed by atoms with Crippen molar-refractivity contribution in [3.8, 4) is 11.3 Å². The number of carbonyl (C=O) groups excluding carboxylic acids is 1. The van der Waals surface area contributed by atoms with Crippen LogP contribution in [0.15, 0.2) is 29.9 Å². The van der Waals surface area contributed by atoms with Crippen LogP contribution in [0.2, 0.25) is 0 Å². The maximum Gasteiger partial charge on any atom is 0.244 e. The van der Waals surface area contributed by atoms with E-state index in [1.54, 1.807) is 6.20 Å². The van der Waals surface area contributed by atoms with E-state index >= 15 is 0 Å². The second-order valence-electron chi connectivity index (χ2n) is 5.24. The highest BCUT2D eigenvalue weighted by atomic mass is 32.2. The van der Waals surface area contributed by atoms with Gasteiger partial charge in [-0.05, 0) is 19.1 Å². The number of nitrogens with zero attached hydrogens (tertiary/aromatic N) is 2. The zero-order chi connectivity index (χ0) is 17.3. The summed E-state index contributed by atoms with van der Waals surface area (Å²) in [6, 6.07) is 2.89. The Morgan fingerprint density at radius 1 is 1.42 bits per heavy atom. The minimum Gasteiger partial charge on any atom is -0.345 e. The number of hydrogen-bond acceptors (Lipinski definition) is 6. The van der Waals surface area contributed by atoms with E-state index in [1.165, 1.54) is 18.3 Å². The molecular formula is C14H15N5O3S2. The molecule has 3 heterocycles. The monoisotopic (exact) mass is 365 g/mol. The molecular weight excluding hydrogens is 350 g/mol. The average Bonchev–Trinajstić information content (AvgIpc) is 3.11. The Kier molecular flexibility index (Phi) is 4.35. The molecule has 1 amide bonds. The summed E-state index contributed by atoms with van der Waals surface area (Å²) in [7, 11) is -3.45. The number of sulfonamides is 1. The number of nitrogens with one attached hydrogen (secondary N) is 3. The number of thiazole rings is 1. The third-order valence-electron chi connectivity index (χ3n) is 3.25.